The van der Waals surface area contributed by atoms with E-state index < -0.39 is 0 Å². The van der Waals surface area contributed by atoms with Crippen LogP contribution in [-0.2, 0) is 0 Å². The average molecular weight is 303 g/mol. The van der Waals surface area contributed by atoms with Gasteiger partial charge in [0.15, 0.2) is 5.78 Å². The van der Waals surface area contributed by atoms with Gasteiger partial charge < -0.3 is 9.64 Å². The fourth-order valence-electron chi connectivity index (χ4n) is 2.89. The van der Waals surface area contributed by atoms with Gasteiger partial charge >= 0.3 is 0 Å². The lowest BCUT2D eigenvalue weighted by Gasteiger charge is -2.29. The maximum absolute atomic E-state index is 12.4. The van der Waals surface area contributed by atoms with Crippen molar-refractivity contribution in [1.82, 2.24) is 4.90 Å². The molecule has 22 heavy (non-hydrogen) atoms. The predicted molar refractivity (Wildman–Crippen MR) is 90.8 cm³/mol. The maximum atomic E-state index is 12.4. The first kappa shape index (κ1) is 17.0. The molecular formula is C19H29NO2. The van der Waals surface area contributed by atoms with E-state index >= 15 is 0 Å². The molecule has 0 atom stereocenters. The minimum absolute atomic E-state index is 0.240. The summed E-state index contributed by atoms with van der Waals surface area (Å²) < 4.78 is 5.67. The minimum atomic E-state index is 0.240. The Morgan fingerprint density at radius 1 is 1.32 bits per heavy atom. The molecule has 0 aliphatic carbocycles. The summed E-state index contributed by atoms with van der Waals surface area (Å²) in [5.74, 6) is 1.97. The molecule has 0 N–H and O–H groups in total. The molecule has 122 valence electrons. The lowest BCUT2D eigenvalue weighted by atomic mass is 9.98. The summed E-state index contributed by atoms with van der Waals surface area (Å²) in [5.41, 5.74) is 1.86. The molecule has 0 bridgehead atoms. The summed E-state index contributed by atoms with van der Waals surface area (Å²) in [4.78, 5) is 14.8. The molecule has 0 unspecified atom stereocenters. The molecule has 0 amide bonds. The molecule has 1 aromatic rings. The van der Waals surface area contributed by atoms with Crippen LogP contribution < -0.4 is 4.74 Å². The van der Waals surface area contributed by atoms with E-state index in [4.69, 9.17) is 4.74 Å². The summed E-state index contributed by atoms with van der Waals surface area (Å²) >= 11 is 0. The van der Waals surface area contributed by atoms with Gasteiger partial charge in [0.25, 0.3) is 0 Å². The van der Waals surface area contributed by atoms with E-state index in [9.17, 15) is 4.79 Å². The standard InChI is InChI=1S/C19H29NO2/c1-4-13-22-19-6-5-17(14-16(19)3)18(21)9-12-20-10-7-15(2)8-11-20/h5-6,14-15H,4,7-13H2,1-3H3. The van der Waals surface area contributed by atoms with Crippen LogP contribution in [0.15, 0.2) is 18.2 Å². The Morgan fingerprint density at radius 3 is 2.68 bits per heavy atom. The van der Waals surface area contributed by atoms with Crippen LogP contribution in [-0.4, -0.2) is 36.9 Å². The van der Waals surface area contributed by atoms with E-state index in [1.54, 1.807) is 0 Å². The van der Waals surface area contributed by atoms with Crippen molar-refractivity contribution >= 4 is 5.78 Å². The van der Waals surface area contributed by atoms with Crippen molar-refractivity contribution in [2.24, 2.45) is 5.92 Å². The number of likely N-dealkylation sites (tertiary alicyclic amines) is 1. The zero-order valence-electron chi connectivity index (χ0n) is 14.2. The van der Waals surface area contributed by atoms with E-state index in [2.05, 4.69) is 18.7 Å². The third-order valence-electron chi connectivity index (χ3n) is 4.49. The Labute approximate surface area is 134 Å². The third kappa shape index (κ3) is 4.84. The fourth-order valence-corrected chi connectivity index (χ4v) is 2.89. The monoisotopic (exact) mass is 303 g/mol. The highest BCUT2D eigenvalue weighted by Gasteiger charge is 2.17. The molecule has 3 heteroatoms. The Balaban J connectivity index is 1.85. The van der Waals surface area contributed by atoms with Gasteiger partial charge in [-0.25, -0.2) is 0 Å². The van der Waals surface area contributed by atoms with E-state index in [1.165, 1.54) is 12.8 Å². The molecule has 2 rings (SSSR count). The van der Waals surface area contributed by atoms with Gasteiger partial charge in [-0.15, -0.1) is 0 Å². The van der Waals surface area contributed by atoms with Gasteiger partial charge in [-0.05, 0) is 69.0 Å². The molecule has 0 saturated carbocycles. The second-order valence-electron chi connectivity index (χ2n) is 6.53. The smallest absolute Gasteiger partial charge is 0.164 e. The average Bonchev–Trinajstić information content (AvgIpc) is 2.53. The number of nitrogens with zero attached hydrogens (tertiary/aromatic N) is 1. The summed E-state index contributed by atoms with van der Waals surface area (Å²) in [6.07, 6.45) is 4.13. The number of Topliss-reactive ketones (excluding diaryl/α,β-unsaturated/α-hetero) is 1. The second-order valence-corrected chi connectivity index (χ2v) is 6.53. The Bertz CT molecular complexity index is 490. The van der Waals surface area contributed by atoms with Crippen molar-refractivity contribution < 1.29 is 9.53 Å². The van der Waals surface area contributed by atoms with Crippen molar-refractivity contribution in [3.63, 3.8) is 0 Å². The zero-order chi connectivity index (χ0) is 15.9. The summed E-state index contributed by atoms with van der Waals surface area (Å²) in [7, 11) is 0. The van der Waals surface area contributed by atoms with Crippen LogP contribution >= 0.6 is 0 Å². The van der Waals surface area contributed by atoms with E-state index in [1.807, 2.05) is 25.1 Å². The van der Waals surface area contributed by atoms with Crippen molar-refractivity contribution in [1.29, 1.82) is 0 Å². The molecule has 1 aliphatic heterocycles. The normalized spacial score (nSPS) is 16.7. The van der Waals surface area contributed by atoms with Crippen LogP contribution in [0, 0.1) is 12.8 Å². The van der Waals surface area contributed by atoms with Crippen molar-refractivity contribution in [3.8, 4) is 5.75 Å². The van der Waals surface area contributed by atoms with Crippen LogP contribution in [0.3, 0.4) is 0 Å². The SMILES string of the molecule is CCCOc1ccc(C(=O)CCN2CCC(C)CC2)cc1C. The summed E-state index contributed by atoms with van der Waals surface area (Å²) in [6.45, 7) is 10.3. The van der Waals surface area contributed by atoms with Gasteiger partial charge in [0.1, 0.15) is 5.75 Å². The zero-order valence-corrected chi connectivity index (χ0v) is 14.2. The van der Waals surface area contributed by atoms with Crippen LogP contribution in [0.25, 0.3) is 0 Å². The van der Waals surface area contributed by atoms with Gasteiger partial charge in [-0.3, -0.25) is 4.79 Å². The number of hydrogen-bond donors (Lipinski definition) is 0. The predicted octanol–water partition coefficient (Wildman–Crippen LogP) is 4.09. The van der Waals surface area contributed by atoms with Crippen molar-refractivity contribution in [2.75, 3.05) is 26.2 Å². The molecule has 0 radical (unpaired) electrons. The second kappa shape index (κ2) is 8.33. The number of carbonyl (C=O) groups is 1. The maximum Gasteiger partial charge on any atom is 0.164 e. The third-order valence-corrected chi connectivity index (χ3v) is 4.49. The van der Waals surface area contributed by atoms with Crippen molar-refractivity contribution in [3.05, 3.63) is 29.3 Å². The quantitative estimate of drug-likeness (QED) is 0.711. The molecule has 1 heterocycles. The molecule has 1 aromatic carbocycles. The molecule has 0 spiro atoms. The summed E-state index contributed by atoms with van der Waals surface area (Å²) in [5, 5.41) is 0. The number of piperidine rings is 1. The number of aryl methyl sites for hydroxylation is 1. The first-order chi connectivity index (χ1) is 10.6. The van der Waals surface area contributed by atoms with E-state index in [0.717, 1.165) is 55.5 Å². The van der Waals surface area contributed by atoms with Crippen LogP contribution in [0.5, 0.6) is 5.75 Å². The van der Waals surface area contributed by atoms with Gasteiger partial charge in [-0.1, -0.05) is 13.8 Å². The Morgan fingerprint density at radius 2 is 2.05 bits per heavy atom. The number of ketones is 1. The largest absolute Gasteiger partial charge is 0.493 e. The first-order valence-electron chi connectivity index (χ1n) is 8.59. The Kier molecular flexibility index (Phi) is 6.44. The molecule has 3 nitrogen and oxygen atoms in total. The van der Waals surface area contributed by atoms with Crippen LogP contribution in [0.4, 0.5) is 0 Å². The van der Waals surface area contributed by atoms with Gasteiger partial charge in [-0.2, -0.15) is 0 Å². The molecule has 1 fully saturated rings. The highest BCUT2D eigenvalue weighted by Crippen LogP contribution is 2.21. The highest BCUT2D eigenvalue weighted by atomic mass is 16.5. The Hall–Kier alpha value is -1.35. The van der Waals surface area contributed by atoms with E-state index in [-0.39, 0.29) is 5.78 Å². The molecule has 1 aliphatic rings. The van der Waals surface area contributed by atoms with E-state index in [0.29, 0.717) is 6.42 Å². The molecular weight excluding hydrogens is 274 g/mol. The minimum Gasteiger partial charge on any atom is -0.493 e. The van der Waals surface area contributed by atoms with Crippen molar-refractivity contribution in [2.45, 2.75) is 46.5 Å². The summed E-state index contributed by atoms with van der Waals surface area (Å²) in [6, 6.07) is 5.80. The number of carbonyl (C=O) groups excluding carboxylic acids is 1. The first-order valence-corrected chi connectivity index (χ1v) is 8.59. The number of ether oxygens (including phenoxy) is 1. The number of rotatable bonds is 7. The number of hydrogen-bond acceptors (Lipinski definition) is 3. The fraction of sp³-hybridized carbons (Fsp3) is 0.632. The topological polar surface area (TPSA) is 29.5 Å². The van der Waals surface area contributed by atoms with Gasteiger partial charge in [0.05, 0.1) is 6.61 Å². The van der Waals surface area contributed by atoms with Gasteiger partial charge in [0.2, 0.25) is 0 Å². The lowest BCUT2D eigenvalue weighted by molar-refractivity contribution is 0.0952. The lowest BCUT2D eigenvalue weighted by Crippen LogP contribution is -2.34. The van der Waals surface area contributed by atoms with Crippen LogP contribution in [0.2, 0.25) is 0 Å². The molecule has 1 saturated heterocycles. The highest BCUT2D eigenvalue weighted by molar-refractivity contribution is 5.96. The van der Waals surface area contributed by atoms with Crippen LogP contribution in [0.1, 0.15) is 55.5 Å². The number of benzene rings is 1. The molecule has 0 aromatic heterocycles. The van der Waals surface area contributed by atoms with Gasteiger partial charge in [0, 0.05) is 18.5 Å².